The highest BCUT2D eigenvalue weighted by atomic mass is 32.2. The van der Waals surface area contributed by atoms with Gasteiger partial charge in [-0.25, -0.2) is 4.98 Å². The lowest BCUT2D eigenvalue weighted by molar-refractivity contribution is 0.0756. The summed E-state index contributed by atoms with van der Waals surface area (Å²) in [5, 5.41) is 1.83. The van der Waals surface area contributed by atoms with Gasteiger partial charge in [-0.15, -0.1) is 23.1 Å². The first-order valence-electron chi connectivity index (χ1n) is 7.79. The number of nitrogens with zero attached hydrogens (tertiary/aromatic N) is 3. The third-order valence-corrected chi connectivity index (χ3v) is 5.38. The molecule has 3 rings (SSSR count). The second-order valence-corrected chi connectivity index (χ2v) is 7.25. The molecular weight excluding hydrogens is 326 g/mol. The molecule has 0 radical (unpaired) electrons. The summed E-state index contributed by atoms with van der Waals surface area (Å²) in [6, 6.07) is 8.71. The summed E-state index contributed by atoms with van der Waals surface area (Å²) in [6.45, 7) is 4.49. The standard InChI is InChI=1S/C17H21N3OS2/c1-22-15-5-2-4-14(10-15)11-19-6-3-7-20(9-8-19)17(21)16-12-23-13-18-16/h2,4-5,10,12-13H,3,6-9,11H2,1H3. The molecule has 0 bridgehead atoms. The molecule has 1 fully saturated rings. The van der Waals surface area contributed by atoms with Crippen LogP contribution in [0.3, 0.4) is 0 Å². The van der Waals surface area contributed by atoms with Gasteiger partial charge in [0.2, 0.25) is 0 Å². The fourth-order valence-corrected chi connectivity index (χ4v) is 3.85. The molecule has 1 saturated heterocycles. The maximum atomic E-state index is 12.4. The highest BCUT2D eigenvalue weighted by molar-refractivity contribution is 7.98. The van der Waals surface area contributed by atoms with E-state index in [-0.39, 0.29) is 5.91 Å². The van der Waals surface area contributed by atoms with Gasteiger partial charge in [0.05, 0.1) is 5.51 Å². The van der Waals surface area contributed by atoms with Crippen LogP contribution in [0, 0.1) is 0 Å². The second-order valence-electron chi connectivity index (χ2n) is 5.65. The van der Waals surface area contributed by atoms with Crippen molar-refractivity contribution in [1.29, 1.82) is 0 Å². The lowest BCUT2D eigenvalue weighted by Crippen LogP contribution is -2.35. The summed E-state index contributed by atoms with van der Waals surface area (Å²) < 4.78 is 0. The minimum Gasteiger partial charge on any atom is -0.336 e. The van der Waals surface area contributed by atoms with E-state index in [2.05, 4.69) is 40.4 Å². The third kappa shape index (κ3) is 4.34. The van der Waals surface area contributed by atoms with E-state index in [1.807, 2.05) is 10.3 Å². The number of hydrogen-bond acceptors (Lipinski definition) is 5. The minimum absolute atomic E-state index is 0.0671. The summed E-state index contributed by atoms with van der Waals surface area (Å²) >= 11 is 3.25. The maximum absolute atomic E-state index is 12.4. The van der Waals surface area contributed by atoms with Gasteiger partial charge in [-0.3, -0.25) is 9.69 Å². The molecule has 0 atom stereocenters. The van der Waals surface area contributed by atoms with Crippen LogP contribution in [0.1, 0.15) is 22.5 Å². The highest BCUT2D eigenvalue weighted by Gasteiger charge is 2.21. The third-order valence-electron chi connectivity index (χ3n) is 4.07. The van der Waals surface area contributed by atoms with Gasteiger partial charge in [0.25, 0.3) is 5.91 Å². The number of aromatic nitrogens is 1. The number of benzene rings is 1. The van der Waals surface area contributed by atoms with E-state index in [9.17, 15) is 4.79 Å². The van der Waals surface area contributed by atoms with Crippen molar-refractivity contribution in [3.8, 4) is 0 Å². The van der Waals surface area contributed by atoms with Crippen molar-refractivity contribution in [2.45, 2.75) is 17.9 Å². The SMILES string of the molecule is CSc1cccc(CN2CCCN(C(=O)c3cscn3)CC2)c1. The number of amides is 1. The average Bonchev–Trinajstić information content (AvgIpc) is 3.02. The lowest BCUT2D eigenvalue weighted by Gasteiger charge is -2.21. The van der Waals surface area contributed by atoms with Gasteiger partial charge in [0.1, 0.15) is 5.69 Å². The molecule has 0 unspecified atom stereocenters. The van der Waals surface area contributed by atoms with Crippen molar-refractivity contribution in [2.24, 2.45) is 0 Å². The average molecular weight is 348 g/mol. The van der Waals surface area contributed by atoms with Crippen LogP contribution in [0.2, 0.25) is 0 Å². The monoisotopic (exact) mass is 347 g/mol. The molecule has 1 aromatic carbocycles. The largest absolute Gasteiger partial charge is 0.336 e. The molecule has 0 saturated carbocycles. The van der Waals surface area contributed by atoms with E-state index in [0.717, 1.165) is 39.1 Å². The van der Waals surface area contributed by atoms with E-state index < -0.39 is 0 Å². The fraction of sp³-hybridized carbons (Fsp3) is 0.412. The Balaban J connectivity index is 1.59. The molecule has 1 amide bonds. The second kappa shape index (κ2) is 7.95. The van der Waals surface area contributed by atoms with E-state index in [4.69, 9.17) is 0 Å². The number of rotatable bonds is 4. The summed E-state index contributed by atoms with van der Waals surface area (Å²) in [5.41, 5.74) is 3.64. The first-order chi connectivity index (χ1) is 11.3. The lowest BCUT2D eigenvalue weighted by atomic mass is 10.2. The number of carbonyl (C=O) groups excluding carboxylic acids is 1. The molecule has 1 aromatic heterocycles. The van der Waals surface area contributed by atoms with Gasteiger partial charge in [-0.2, -0.15) is 0 Å². The predicted molar refractivity (Wildman–Crippen MR) is 96.1 cm³/mol. The predicted octanol–water partition coefficient (Wildman–Crippen LogP) is 3.21. The van der Waals surface area contributed by atoms with Crippen LogP contribution in [0.15, 0.2) is 40.1 Å². The molecule has 0 aliphatic carbocycles. The quantitative estimate of drug-likeness (QED) is 0.796. The van der Waals surface area contributed by atoms with Crippen LogP contribution in [0.25, 0.3) is 0 Å². The Kier molecular flexibility index (Phi) is 5.70. The van der Waals surface area contributed by atoms with Crippen LogP contribution in [0.4, 0.5) is 0 Å². The molecule has 0 N–H and O–H groups in total. The zero-order valence-corrected chi connectivity index (χ0v) is 14.9. The van der Waals surface area contributed by atoms with Gasteiger partial charge in [-0.1, -0.05) is 12.1 Å². The van der Waals surface area contributed by atoms with E-state index >= 15 is 0 Å². The van der Waals surface area contributed by atoms with Gasteiger partial charge < -0.3 is 4.90 Å². The van der Waals surface area contributed by atoms with Crippen molar-refractivity contribution in [2.75, 3.05) is 32.4 Å². The number of thioether (sulfide) groups is 1. The summed E-state index contributed by atoms with van der Waals surface area (Å²) in [6.07, 6.45) is 3.12. The van der Waals surface area contributed by atoms with E-state index in [0.29, 0.717) is 5.69 Å². The van der Waals surface area contributed by atoms with Crippen molar-refractivity contribution < 1.29 is 4.79 Å². The smallest absolute Gasteiger partial charge is 0.273 e. The first-order valence-corrected chi connectivity index (χ1v) is 9.96. The molecule has 4 nitrogen and oxygen atoms in total. The summed E-state index contributed by atoms with van der Waals surface area (Å²) in [7, 11) is 0. The molecule has 1 aliphatic heterocycles. The van der Waals surface area contributed by atoms with Crippen LogP contribution in [-0.2, 0) is 6.54 Å². The summed E-state index contributed by atoms with van der Waals surface area (Å²) in [5.74, 6) is 0.0671. The topological polar surface area (TPSA) is 36.4 Å². The Morgan fingerprint density at radius 3 is 3.00 bits per heavy atom. The molecular formula is C17H21N3OS2. The molecule has 2 aromatic rings. The molecule has 122 valence electrons. The van der Waals surface area contributed by atoms with Gasteiger partial charge in [0, 0.05) is 43.0 Å². The zero-order chi connectivity index (χ0) is 16.1. The normalized spacial score (nSPS) is 16.3. The minimum atomic E-state index is 0.0671. The highest BCUT2D eigenvalue weighted by Crippen LogP contribution is 2.18. The molecule has 23 heavy (non-hydrogen) atoms. The first kappa shape index (κ1) is 16.5. The summed E-state index contributed by atoms with van der Waals surface area (Å²) in [4.78, 5) is 22.2. The fourth-order valence-electron chi connectivity index (χ4n) is 2.84. The van der Waals surface area contributed by atoms with E-state index in [1.165, 1.54) is 21.8 Å². The zero-order valence-electron chi connectivity index (χ0n) is 13.3. The van der Waals surface area contributed by atoms with Gasteiger partial charge in [-0.05, 0) is 30.4 Å². The Morgan fingerprint density at radius 2 is 2.22 bits per heavy atom. The van der Waals surface area contributed by atoms with Crippen LogP contribution in [0.5, 0.6) is 0 Å². The molecule has 0 spiro atoms. The Hall–Kier alpha value is -1.37. The Labute approximate surface area is 145 Å². The number of carbonyl (C=O) groups is 1. The molecule has 1 aliphatic rings. The van der Waals surface area contributed by atoms with E-state index in [1.54, 1.807) is 17.3 Å². The van der Waals surface area contributed by atoms with Crippen molar-refractivity contribution >= 4 is 29.0 Å². The van der Waals surface area contributed by atoms with Gasteiger partial charge >= 0.3 is 0 Å². The Bertz CT molecular complexity index is 645. The van der Waals surface area contributed by atoms with Crippen molar-refractivity contribution in [3.63, 3.8) is 0 Å². The Morgan fingerprint density at radius 1 is 1.30 bits per heavy atom. The van der Waals surface area contributed by atoms with Gasteiger partial charge in [0.15, 0.2) is 0 Å². The van der Waals surface area contributed by atoms with Crippen molar-refractivity contribution in [1.82, 2.24) is 14.8 Å². The maximum Gasteiger partial charge on any atom is 0.273 e. The number of hydrogen-bond donors (Lipinski definition) is 0. The van der Waals surface area contributed by atoms with Crippen molar-refractivity contribution in [3.05, 3.63) is 46.4 Å². The molecule has 2 heterocycles. The molecule has 6 heteroatoms. The number of thiazole rings is 1. The van der Waals surface area contributed by atoms with Crippen LogP contribution >= 0.6 is 23.1 Å². The van der Waals surface area contributed by atoms with Crippen LogP contribution in [-0.4, -0.2) is 53.1 Å². The van der Waals surface area contributed by atoms with Crippen LogP contribution < -0.4 is 0 Å².